The fourth-order valence-electron chi connectivity index (χ4n) is 4.54. The third-order valence-electron chi connectivity index (χ3n) is 6.28. The van der Waals surface area contributed by atoms with Crippen LogP contribution in [0.1, 0.15) is 42.1 Å². The number of anilines is 2. The topological polar surface area (TPSA) is 93.1 Å². The smallest absolute Gasteiger partial charge is 0.262 e. The molecule has 0 spiro atoms. The van der Waals surface area contributed by atoms with Gasteiger partial charge in [-0.2, -0.15) is 0 Å². The number of nitrogens with zero attached hydrogens (tertiary/aromatic N) is 2. The third kappa shape index (κ3) is 5.18. The van der Waals surface area contributed by atoms with E-state index in [0.29, 0.717) is 33.0 Å². The van der Waals surface area contributed by atoms with Crippen molar-refractivity contribution in [2.75, 3.05) is 16.4 Å². The van der Waals surface area contributed by atoms with Crippen LogP contribution in [0.3, 0.4) is 0 Å². The number of carbonyl (C=O) groups excluding carboxylic acids is 2. The number of amides is 2. The summed E-state index contributed by atoms with van der Waals surface area (Å²) in [5.74, 6) is -0.525. The van der Waals surface area contributed by atoms with Crippen molar-refractivity contribution in [1.82, 2.24) is 9.55 Å². The summed E-state index contributed by atoms with van der Waals surface area (Å²) < 4.78 is 1.77. The number of para-hydroxylation sites is 3. The molecule has 1 fully saturated rings. The number of thioether (sulfide) groups is 1. The van der Waals surface area contributed by atoms with Crippen molar-refractivity contribution < 1.29 is 9.59 Å². The van der Waals surface area contributed by atoms with Gasteiger partial charge in [-0.15, -0.1) is 0 Å². The first-order chi connectivity index (χ1) is 17.6. The summed E-state index contributed by atoms with van der Waals surface area (Å²) >= 11 is 1.25. The van der Waals surface area contributed by atoms with Crippen LogP contribution in [0.25, 0.3) is 10.9 Å². The van der Waals surface area contributed by atoms with Crippen molar-refractivity contribution in [1.29, 1.82) is 0 Å². The lowest BCUT2D eigenvalue weighted by Crippen LogP contribution is -2.27. The largest absolute Gasteiger partial charge is 0.325 e. The van der Waals surface area contributed by atoms with Gasteiger partial charge in [0, 0.05) is 11.7 Å². The van der Waals surface area contributed by atoms with Crippen molar-refractivity contribution in [3.05, 3.63) is 94.8 Å². The highest BCUT2D eigenvalue weighted by Gasteiger charge is 2.23. The first kappa shape index (κ1) is 23.8. The Morgan fingerprint density at radius 1 is 0.889 bits per heavy atom. The average molecular weight is 499 g/mol. The summed E-state index contributed by atoms with van der Waals surface area (Å²) in [6, 6.07) is 23.5. The quantitative estimate of drug-likeness (QED) is 0.259. The zero-order chi connectivity index (χ0) is 24.9. The van der Waals surface area contributed by atoms with Crippen LogP contribution in [0, 0.1) is 0 Å². The van der Waals surface area contributed by atoms with Crippen LogP contribution in [0.4, 0.5) is 11.4 Å². The van der Waals surface area contributed by atoms with Crippen LogP contribution in [0.5, 0.6) is 0 Å². The molecule has 4 aromatic rings. The second-order valence-electron chi connectivity index (χ2n) is 8.73. The van der Waals surface area contributed by atoms with Crippen molar-refractivity contribution in [3.63, 3.8) is 0 Å². The Labute approximate surface area is 212 Å². The Bertz CT molecular complexity index is 1460. The van der Waals surface area contributed by atoms with Crippen LogP contribution in [-0.4, -0.2) is 27.1 Å². The Kier molecular flexibility index (Phi) is 7.13. The van der Waals surface area contributed by atoms with E-state index in [0.717, 1.165) is 25.7 Å². The molecule has 36 heavy (non-hydrogen) atoms. The number of carbonyl (C=O) groups is 2. The molecule has 182 valence electrons. The summed E-state index contributed by atoms with van der Waals surface area (Å²) in [5, 5.41) is 6.85. The van der Waals surface area contributed by atoms with E-state index in [9.17, 15) is 14.4 Å². The molecule has 1 aliphatic rings. The second kappa shape index (κ2) is 10.8. The summed E-state index contributed by atoms with van der Waals surface area (Å²) in [6.07, 6.45) is 4.03. The van der Waals surface area contributed by atoms with Crippen LogP contribution < -0.4 is 16.2 Å². The fraction of sp³-hybridized carbons (Fsp3) is 0.214. The van der Waals surface area contributed by atoms with E-state index in [1.165, 1.54) is 11.8 Å². The Morgan fingerprint density at radius 3 is 2.39 bits per heavy atom. The monoisotopic (exact) mass is 498 g/mol. The molecule has 8 heteroatoms. The van der Waals surface area contributed by atoms with Crippen molar-refractivity contribution in [2.45, 2.75) is 36.9 Å². The highest BCUT2D eigenvalue weighted by atomic mass is 32.2. The van der Waals surface area contributed by atoms with Gasteiger partial charge < -0.3 is 10.6 Å². The number of hydrogen-bond acceptors (Lipinski definition) is 5. The third-order valence-corrected chi connectivity index (χ3v) is 7.23. The van der Waals surface area contributed by atoms with Gasteiger partial charge in [0.1, 0.15) is 0 Å². The number of benzene rings is 3. The van der Waals surface area contributed by atoms with Gasteiger partial charge in [-0.05, 0) is 49.2 Å². The summed E-state index contributed by atoms with van der Waals surface area (Å²) in [4.78, 5) is 43.8. The summed E-state index contributed by atoms with van der Waals surface area (Å²) in [6.45, 7) is 0. The van der Waals surface area contributed by atoms with Gasteiger partial charge >= 0.3 is 0 Å². The van der Waals surface area contributed by atoms with Crippen LogP contribution in [0.15, 0.2) is 88.8 Å². The average Bonchev–Trinajstić information content (AvgIpc) is 3.43. The molecule has 2 N–H and O–H groups in total. The molecular formula is C28H26N4O3S. The van der Waals surface area contributed by atoms with E-state index < -0.39 is 0 Å². The zero-order valence-electron chi connectivity index (χ0n) is 19.6. The minimum Gasteiger partial charge on any atom is -0.325 e. The van der Waals surface area contributed by atoms with E-state index in [1.807, 2.05) is 36.4 Å². The molecule has 1 saturated carbocycles. The number of fused-ring (bicyclic) bond motifs is 1. The lowest BCUT2D eigenvalue weighted by Gasteiger charge is -2.18. The second-order valence-corrected chi connectivity index (χ2v) is 9.67. The first-order valence-electron chi connectivity index (χ1n) is 12.0. The van der Waals surface area contributed by atoms with Gasteiger partial charge in [0.15, 0.2) is 5.16 Å². The van der Waals surface area contributed by atoms with Crippen molar-refractivity contribution in [2.24, 2.45) is 0 Å². The summed E-state index contributed by atoms with van der Waals surface area (Å²) in [5.41, 5.74) is 2.04. The number of nitrogens with one attached hydrogen (secondary N) is 2. The van der Waals surface area contributed by atoms with E-state index in [-0.39, 0.29) is 29.2 Å². The Hall–Kier alpha value is -3.91. The standard InChI is InChI=1S/C28H26N4O3S/c33-25(30-23-16-8-6-14-21(23)26(34)29-19-10-2-1-3-11-19)18-36-28-31-24-17-9-7-15-22(24)27(35)32(28)20-12-4-5-13-20/h1-3,6-11,14-17,20H,4-5,12-13,18H2,(H,29,34)(H,30,33). The van der Waals surface area contributed by atoms with E-state index in [4.69, 9.17) is 4.98 Å². The minimum absolute atomic E-state index is 0.0571. The molecular weight excluding hydrogens is 472 g/mol. The SMILES string of the molecule is O=C(CSc1nc2ccccc2c(=O)n1C1CCCC1)Nc1ccccc1C(=O)Nc1ccccc1. The maximum absolute atomic E-state index is 13.3. The predicted molar refractivity (Wildman–Crippen MR) is 144 cm³/mol. The van der Waals surface area contributed by atoms with E-state index >= 15 is 0 Å². The van der Waals surface area contributed by atoms with Crippen molar-refractivity contribution >= 4 is 45.9 Å². The molecule has 0 bridgehead atoms. The number of rotatable bonds is 7. The molecule has 0 saturated heterocycles. The number of aromatic nitrogens is 2. The van der Waals surface area contributed by atoms with Crippen molar-refractivity contribution in [3.8, 4) is 0 Å². The van der Waals surface area contributed by atoms with Crippen LogP contribution in [-0.2, 0) is 4.79 Å². The Balaban J connectivity index is 1.34. The lowest BCUT2D eigenvalue weighted by molar-refractivity contribution is -0.113. The highest BCUT2D eigenvalue weighted by molar-refractivity contribution is 7.99. The molecule has 1 heterocycles. The molecule has 1 aliphatic carbocycles. The van der Waals surface area contributed by atoms with Gasteiger partial charge in [0.05, 0.1) is 27.9 Å². The van der Waals surface area contributed by atoms with E-state index in [2.05, 4.69) is 10.6 Å². The van der Waals surface area contributed by atoms with E-state index in [1.54, 1.807) is 47.0 Å². The first-order valence-corrected chi connectivity index (χ1v) is 13.0. The summed E-state index contributed by atoms with van der Waals surface area (Å²) in [7, 11) is 0. The molecule has 0 atom stereocenters. The van der Waals surface area contributed by atoms with Gasteiger partial charge in [0.2, 0.25) is 5.91 Å². The van der Waals surface area contributed by atoms with Gasteiger partial charge in [-0.3, -0.25) is 19.0 Å². The van der Waals surface area contributed by atoms with Gasteiger partial charge in [0.25, 0.3) is 11.5 Å². The molecule has 5 rings (SSSR count). The number of hydrogen-bond donors (Lipinski definition) is 2. The molecule has 2 amide bonds. The van der Waals surface area contributed by atoms with Gasteiger partial charge in [-0.25, -0.2) is 4.98 Å². The Morgan fingerprint density at radius 2 is 1.58 bits per heavy atom. The molecule has 1 aromatic heterocycles. The normalized spacial score (nSPS) is 13.6. The molecule has 0 aliphatic heterocycles. The minimum atomic E-state index is -0.309. The zero-order valence-corrected chi connectivity index (χ0v) is 20.5. The molecule has 3 aromatic carbocycles. The lowest BCUT2D eigenvalue weighted by atomic mass is 10.1. The van der Waals surface area contributed by atoms with Crippen LogP contribution in [0.2, 0.25) is 0 Å². The van der Waals surface area contributed by atoms with Crippen LogP contribution >= 0.6 is 11.8 Å². The molecule has 0 unspecified atom stereocenters. The highest BCUT2D eigenvalue weighted by Crippen LogP contribution is 2.32. The maximum atomic E-state index is 13.3. The maximum Gasteiger partial charge on any atom is 0.262 e. The van der Waals surface area contributed by atoms with Gasteiger partial charge in [-0.1, -0.05) is 67.1 Å². The fourth-order valence-corrected chi connectivity index (χ4v) is 5.40. The molecule has 0 radical (unpaired) electrons. The predicted octanol–water partition coefficient (Wildman–Crippen LogP) is 5.49. The molecule has 7 nitrogen and oxygen atoms in total.